The van der Waals surface area contributed by atoms with Crippen LogP contribution >= 0.6 is 11.6 Å². The molecule has 0 bridgehead atoms. The van der Waals surface area contributed by atoms with Gasteiger partial charge in [-0.25, -0.2) is 8.42 Å². The quantitative estimate of drug-likeness (QED) is 0.859. The zero-order chi connectivity index (χ0) is 15.5. The monoisotopic (exact) mass is 324 g/mol. The predicted molar refractivity (Wildman–Crippen MR) is 85.6 cm³/mol. The lowest BCUT2D eigenvalue weighted by Crippen LogP contribution is -2.30. The standard InChI is InChI=1S/C15H17ClN2O2S/c1-2-18(11-12-6-3-4-9-15(12)16)21(19,20)14-8-5-7-13(17)10-14/h3-10H,2,11,17H2,1H3. The zero-order valence-electron chi connectivity index (χ0n) is 11.7. The Labute approximate surface area is 130 Å². The minimum Gasteiger partial charge on any atom is -0.399 e. The van der Waals surface area contributed by atoms with Gasteiger partial charge in [-0.15, -0.1) is 0 Å². The minimum atomic E-state index is -3.59. The molecule has 0 amide bonds. The second kappa shape index (κ2) is 6.47. The number of rotatable bonds is 5. The maximum Gasteiger partial charge on any atom is 0.243 e. The summed E-state index contributed by atoms with van der Waals surface area (Å²) >= 11 is 6.11. The number of halogens is 1. The molecule has 4 nitrogen and oxygen atoms in total. The lowest BCUT2D eigenvalue weighted by Gasteiger charge is -2.21. The summed E-state index contributed by atoms with van der Waals surface area (Å²) in [5.74, 6) is 0. The number of hydrogen-bond donors (Lipinski definition) is 1. The highest BCUT2D eigenvalue weighted by molar-refractivity contribution is 7.89. The van der Waals surface area contributed by atoms with E-state index in [4.69, 9.17) is 17.3 Å². The Bertz CT molecular complexity index is 732. The van der Waals surface area contributed by atoms with Gasteiger partial charge in [0, 0.05) is 23.8 Å². The fourth-order valence-corrected chi connectivity index (χ4v) is 3.69. The van der Waals surface area contributed by atoms with Gasteiger partial charge in [-0.2, -0.15) is 4.31 Å². The van der Waals surface area contributed by atoms with Crippen molar-refractivity contribution in [3.05, 3.63) is 59.1 Å². The summed E-state index contributed by atoms with van der Waals surface area (Å²) in [6.45, 7) is 2.37. The first kappa shape index (κ1) is 15.8. The molecule has 2 rings (SSSR count). The Morgan fingerprint density at radius 2 is 1.86 bits per heavy atom. The largest absolute Gasteiger partial charge is 0.399 e. The number of benzene rings is 2. The third-order valence-electron chi connectivity index (χ3n) is 3.15. The molecule has 0 aromatic heterocycles. The van der Waals surface area contributed by atoms with Gasteiger partial charge in [-0.05, 0) is 29.8 Å². The number of nitrogens with zero attached hydrogens (tertiary/aromatic N) is 1. The molecular formula is C15H17ClN2O2S. The van der Waals surface area contributed by atoms with E-state index in [1.54, 1.807) is 31.2 Å². The minimum absolute atomic E-state index is 0.191. The molecule has 0 aliphatic rings. The number of nitrogens with two attached hydrogens (primary N) is 1. The second-order valence-electron chi connectivity index (χ2n) is 4.60. The molecule has 0 saturated carbocycles. The van der Waals surface area contributed by atoms with Crippen LogP contribution in [0.15, 0.2) is 53.4 Å². The Balaban J connectivity index is 2.35. The van der Waals surface area contributed by atoms with Crippen LogP contribution in [0.5, 0.6) is 0 Å². The van der Waals surface area contributed by atoms with E-state index in [-0.39, 0.29) is 11.4 Å². The van der Waals surface area contributed by atoms with Crippen molar-refractivity contribution in [2.45, 2.75) is 18.4 Å². The highest BCUT2D eigenvalue weighted by atomic mass is 35.5. The fraction of sp³-hybridized carbons (Fsp3) is 0.200. The Kier molecular flexibility index (Phi) is 4.88. The van der Waals surface area contributed by atoms with Crippen molar-refractivity contribution in [3.63, 3.8) is 0 Å². The van der Waals surface area contributed by atoms with E-state index in [0.717, 1.165) is 5.56 Å². The summed E-state index contributed by atoms with van der Waals surface area (Å²) in [6, 6.07) is 13.5. The van der Waals surface area contributed by atoms with Crippen LogP contribution in [-0.2, 0) is 16.6 Å². The van der Waals surface area contributed by atoms with Crippen LogP contribution < -0.4 is 5.73 Å². The van der Waals surface area contributed by atoms with Crippen molar-refractivity contribution in [2.75, 3.05) is 12.3 Å². The van der Waals surface area contributed by atoms with E-state index in [1.807, 2.05) is 18.2 Å². The number of anilines is 1. The van der Waals surface area contributed by atoms with E-state index in [9.17, 15) is 8.42 Å². The van der Waals surface area contributed by atoms with Crippen LogP contribution in [0, 0.1) is 0 Å². The van der Waals surface area contributed by atoms with Gasteiger partial charge in [0.05, 0.1) is 4.90 Å². The first-order valence-electron chi connectivity index (χ1n) is 6.54. The van der Waals surface area contributed by atoms with Crippen LogP contribution in [0.2, 0.25) is 5.02 Å². The molecule has 6 heteroatoms. The molecule has 0 aliphatic carbocycles. The van der Waals surface area contributed by atoms with E-state index < -0.39 is 10.0 Å². The number of nitrogen functional groups attached to an aromatic ring is 1. The van der Waals surface area contributed by atoms with Gasteiger partial charge < -0.3 is 5.73 Å². The molecule has 0 unspecified atom stereocenters. The molecule has 0 saturated heterocycles. The first-order chi connectivity index (χ1) is 9.95. The summed E-state index contributed by atoms with van der Waals surface area (Å²) in [4.78, 5) is 0.191. The molecule has 112 valence electrons. The Hall–Kier alpha value is -1.56. The van der Waals surface area contributed by atoms with Crippen molar-refractivity contribution in [3.8, 4) is 0 Å². The highest BCUT2D eigenvalue weighted by Gasteiger charge is 2.23. The summed E-state index contributed by atoms with van der Waals surface area (Å²) in [6.07, 6.45) is 0. The summed E-state index contributed by atoms with van der Waals surface area (Å²) < 4.78 is 26.7. The van der Waals surface area contributed by atoms with Gasteiger partial charge in [0.2, 0.25) is 10.0 Å². The maximum atomic E-state index is 12.7. The van der Waals surface area contributed by atoms with Crippen LogP contribution in [0.4, 0.5) is 5.69 Å². The Morgan fingerprint density at radius 3 is 2.48 bits per heavy atom. The van der Waals surface area contributed by atoms with Gasteiger partial charge in [0.15, 0.2) is 0 Å². The van der Waals surface area contributed by atoms with E-state index in [0.29, 0.717) is 17.3 Å². The fourth-order valence-electron chi connectivity index (χ4n) is 2.01. The van der Waals surface area contributed by atoms with E-state index >= 15 is 0 Å². The van der Waals surface area contributed by atoms with Crippen LogP contribution in [0.1, 0.15) is 12.5 Å². The van der Waals surface area contributed by atoms with Crippen molar-refractivity contribution in [1.82, 2.24) is 4.31 Å². The lowest BCUT2D eigenvalue weighted by molar-refractivity contribution is 0.423. The van der Waals surface area contributed by atoms with Crippen LogP contribution in [0.3, 0.4) is 0 Å². The Morgan fingerprint density at radius 1 is 1.14 bits per heavy atom. The molecule has 2 aromatic carbocycles. The van der Waals surface area contributed by atoms with E-state index in [1.165, 1.54) is 10.4 Å². The molecule has 0 aliphatic heterocycles. The van der Waals surface area contributed by atoms with Crippen molar-refractivity contribution < 1.29 is 8.42 Å². The summed E-state index contributed by atoms with van der Waals surface area (Å²) in [5, 5.41) is 0.554. The average molecular weight is 325 g/mol. The van der Waals surface area contributed by atoms with Crippen LogP contribution in [-0.4, -0.2) is 19.3 Å². The molecule has 21 heavy (non-hydrogen) atoms. The van der Waals surface area contributed by atoms with Gasteiger partial charge in [0.25, 0.3) is 0 Å². The molecule has 2 aromatic rings. The lowest BCUT2D eigenvalue weighted by atomic mass is 10.2. The van der Waals surface area contributed by atoms with Crippen molar-refractivity contribution >= 4 is 27.3 Å². The normalized spacial score (nSPS) is 11.8. The summed E-state index contributed by atoms with van der Waals surface area (Å²) in [7, 11) is -3.59. The SMILES string of the molecule is CCN(Cc1ccccc1Cl)S(=O)(=O)c1cccc(N)c1. The van der Waals surface area contributed by atoms with Gasteiger partial charge in [-0.1, -0.05) is 42.8 Å². The summed E-state index contributed by atoms with van der Waals surface area (Å²) in [5.41, 5.74) is 6.86. The molecule has 0 atom stereocenters. The number of sulfonamides is 1. The van der Waals surface area contributed by atoms with Crippen molar-refractivity contribution in [2.24, 2.45) is 0 Å². The first-order valence-corrected chi connectivity index (χ1v) is 8.36. The maximum absolute atomic E-state index is 12.7. The predicted octanol–water partition coefficient (Wildman–Crippen LogP) is 3.13. The van der Waals surface area contributed by atoms with Gasteiger partial charge in [0.1, 0.15) is 0 Å². The molecule has 0 fully saturated rings. The molecule has 2 N–H and O–H groups in total. The third kappa shape index (κ3) is 3.56. The zero-order valence-corrected chi connectivity index (χ0v) is 13.2. The smallest absolute Gasteiger partial charge is 0.243 e. The average Bonchev–Trinajstić information content (AvgIpc) is 2.46. The molecular weight excluding hydrogens is 308 g/mol. The molecule has 0 radical (unpaired) electrons. The van der Waals surface area contributed by atoms with E-state index in [2.05, 4.69) is 0 Å². The topological polar surface area (TPSA) is 63.4 Å². The third-order valence-corrected chi connectivity index (χ3v) is 5.44. The van der Waals surface area contributed by atoms with Crippen molar-refractivity contribution in [1.29, 1.82) is 0 Å². The van der Waals surface area contributed by atoms with Crippen LogP contribution in [0.25, 0.3) is 0 Å². The van der Waals surface area contributed by atoms with Gasteiger partial charge >= 0.3 is 0 Å². The molecule has 0 heterocycles. The van der Waals surface area contributed by atoms with Gasteiger partial charge in [-0.3, -0.25) is 0 Å². The number of hydrogen-bond acceptors (Lipinski definition) is 3. The molecule has 0 spiro atoms. The second-order valence-corrected chi connectivity index (χ2v) is 6.94. The highest BCUT2D eigenvalue weighted by Crippen LogP contribution is 2.23.